The van der Waals surface area contributed by atoms with E-state index in [2.05, 4.69) is 132 Å². The molecule has 0 fully saturated rings. The van der Waals surface area contributed by atoms with E-state index in [-0.39, 0.29) is 0 Å². The van der Waals surface area contributed by atoms with Crippen molar-refractivity contribution in [3.63, 3.8) is 0 Å². The van der Waals surface area contributed by atoms with Crippen LogP contribution in [-0.2, 0) is 0 Å². The first-order chi connectivity index (χ1) is 16.3. The maximum absolute atomic E-state index is 4.48. The first-order valence-corrected chi connectivity index (χ1v) is 11.7. The van der Waals surface area contributed by atoms with Crippen LogP contribution in [0.1, 0.15) is 52.3 Å². The number of rotatable bonds is 6. The Morgan fingerprint density at radius 1 is 0.529 bits per heavy atom. The lowest BCUT2D eigenvalue weighted by Crippen LogP contribution is -1.96. The van der Waals surface area contributed by atoms with E-state index in [4.69, 9.17) is 0 Å². The summed E-state index contributed by atoms with van der Waals surface area (Å²) in [4.78, 5) is 0. The highest BCUT2D eigenvalue weighted by Gasteiger charge is 2.13. The number of aryl methyl sites for hydroxylation is 2. The summed E-state index contributed by atoms with van der Waals surface area (Å²) < 4.78 is 0. The molecule has 0 unspecified atom stereocenters. The van der Waals surface area contributed by atoms with Crippen molar-refractivity contribution < 1.29 is 0 Å². The van der Waals surface area contributed by atoms with Gasteiger partial charge in [0.2, 0.25) is 0 Å². The van der Waals surface area contributed by atoms with Gasteiger partial charge in [-0.15, -0.1) is 0 Å². The number of benzene rings is 3. The Bertz CT molecular complexity index is 1270. The molecule has 0 saturated carbocycles. The van der Waals surface area contributed by atoms with Crippen LogP contribution in [-0.4, -0.2) is 0 Å². The molecule has 3 aromatic rings. The molecule has 1 aliphatic carbocycles. The fourth-order valence-electron chi connectivity index (χ4n) is 4.11. The standard InChI is InChI=1S/C34H32/c1-23-8-7-9-29(15-10-23)26(4)32-20-33(27(5)30-16-11-24(2)12-17-30)22-34(21-32)28(6)31-18-13-25(3)14-19-31/h8-22H,4-7H2,1-3H3. The average molecular weight is 441 g/mol. The normalized spacial score (nSPS) is 13.0. The van der Waals surface area contributed by atoms with Crippen LogP contribution in [0.5, 0.6) is 0 Å². The van der Waals surface area contributed by atoms with Crippen LogP contribution in [0, 0.1) is 13.8 Å². The van der Waals surface area contributed by atoms with Crippen molar-refractivity contribution in [3.8, 4) is 0 Å². The molecule has 0 bridgehead atoms. The van der Waals surface area contributed by atoms with E-state index in [9.17, 15) is 0 Å². The molecule has 4 rings (SSSR count). The van der Waals surface area contributed by atoms with Crippen molar-refractivity contribution in [2.75, 3.05) is 0 Å². The quantitative estimate of drug-likeness (QED) is 0.358. The van der Waals surface area contributed by atoms with Gasteiger partial charge in [-0.2, -0.15) is 0 Å². The number of hydrogen-bond acceptors (Lipinski definition) is 0. The topological polar surface area (TPSA) is 0 Å². The molecule has 3 aromatic carbocycles. The smallest absolute Gasteiger partial charge is 0.0154 e. The molecule has 168 valence electrons. The monoisotopic (exact) mass is 440 g/mol. The molecule has 1 aliphatic rings. The van der Waals surface area contributed by atoms with Crippen LogP contribution in [0.15, 0.2) is 122 Å². The maximum atomic E-state index is 4.48. The fourth-order valence-corrected chi connectivity index (χ4v) is 4.11. The highest BCUT2D eigenvalue weighted by atomic mass is 14.2. The summed E-state index contributed by atoms with van der Waals surface area (Å²) in [5, 5.41) is 0. The van der Waals surface area contributed by atoms with Gasteiger partial charge >= 0.3 is 0 Å². The van der Waals surface area contributed by atoms with Gasteiger partial charge < -0.3 is 0 Å². The predicted molar refractivity (Wildman–Crippen MR) is 150 cm³/mol. The predicted octanol–water partition coefficient (Wildman–Crippen LogP) is 9.27. The van der Waals surface area contributed by atoms with E-state index in [0.717, 1.165) is 56.5 Å². The van der Waals surface area contributed by atoms with Gasteiger partial charge in [0.25, 0.3) is 0 Å². The Hall–Kier alpha value is -3.90. The second kappa shape index (κ2) is 9.93. The van der Waals surface area contributed by atoms with Crippen LogP contribution < -0.4 is 0 Å². The number of allylic oxidation sites excluding steroid dienone is 7. The summed E-state index contributed by atoms with van der Waals surface area (Å²) in [6.07, 6.45) is 9.70. The van der Waals surface area contributed by atoms with Crippen LogP contribution in [0.3, 0.4) is 0 Å². The van der Waals surface area contributed by atoms with Crippen molar-refractivity contribution in [1.82, 2.24) is 0 Å². The minimum absolute atomic E-state index is 0.909. The second-order valence-corrected chi connectivity index (χ2v) is 9.14. The average Bonchev–Trinajstić information content (AvgIpc) is 3.07. The molecule has 0 heterocycles. The molecule has 0 saturated heterocycles. The highest BCUT2D eigenvalue weighted by molar-refractivity contribution is 5.89. The molecule has 0 spiro atoms. The lowest BCUT2D eigenvalue weighted by atomic mass is 9.88. The minimum Gasteiger partial charge on any atom is -0.0906 e. The van der Waals surface area contributed by atoms with Crippen molar-refractivity contribution in [2.45, 2.75) is 27.2 Å². The van der Waals surface area contributed by atoms with Crippen molar-refractivity contribution in [2.24, 2.45) is 0 Å². The van der Waals surface area contributed by atoms with Gasteiger partial charge in [-0.1, -0.05) is 109 Å². The Kier molecular flexibility index (Phi) is 6.80. The molecular formula is C34H32. The largest absolute Gasteiger partial charge is 0.0906 e. The third-order valence-corrected chi connectivity index (χ3v) is 6.43. The van der Waals surface area contributed by atoms with Gasteiger partial charge in [-0.3, -0.25) is 0 Å². The fraction of sp³-hybridized carbons (Fsp3) is 0.118. The highest BCUT2D eigenvalue weighted by Crippen LogP contribution is 2.33. The van der Waals surface area contributed by atoms with Crippen LogP contribution >= 0.6 is 0 Å². The van der Waals surface area contributed by atoms with Gasteiger partial charge in [0, 0.05) is 0 Å². The molecule has 0 nitrogen and oxygen atoms in total. The lowest BCUT2D eigenvalue weighted by molar-refractivity contribution is 1.34. The zero-order valence-electron chi connectivity index (χ0n) is 20.5. The number of hydrogen-bond donors (Lipinski definition) is 0. The van der Waals surface area contributed by atoms with Crippen molar-refractivity contribution in [1.29, 1.82) is 0 Å². The van der Waals surface area contributed by atoms with E-state index < -0.39 is 0 Å². The Morgan fingerprint density at radius 3 is 1.44 bits per heavy atom. The summed E-state index contributed by atoms with van der Waals surface area (Å²) in [7, 11) is 0. The Morgan fingerprint density at radius 2 is 0.971 bits per heavy atom. The first-order valence-electron chi connectivity index (χ1n) is 11.7. The summed E-state index contributed by atoms with van der Waals surface area (Å²) in [6.45, 7) is 19.7. The molecule has 0 amide bonds. The van der Waals surface area contributed by atoms with E-state index in [1.54, 1.807) is 0 Å². The summed E-state index contributed by atoms with van der Waals surface area (Å²) in [5.74, 6) is 0. The Labute approximate surface area is 204 Å². The van der Waals surface area contributed by atoms with Crippen LogP contribution in [0.4, 0.5) is 0 Å². The van der Waals surface area contributed by atoms with Gasteiger partial charge in [-0.05, 0) is 95.5 Å². The molecule has 0 aromatic heterocycles. The van der Waals surface area contributed by atoms with Crippen LogP contribution in [0.25, 0.3) is 16.7 Å². The van der Waals surface area contributed by atoms with Gasteiger partial charge in [0.1, 0.15) is 0 Å². The first kappa shape index (κ1) is 23.3. The molecule has 0 heteroatoms. The lowest BCUT2D eigenvalue weighted by Gasteiger charge is -2.16. The summed E-state index contributed by atoms with van der Waals surface area (Å²) in [5.41, 5.74) is 13.4. The Balaban J connectivity index is 1.79. The van der Waals surface area contributed by atoms with Crippen LogP contribution in [0.2, 0.25) is 0 Å². The SMILES string of the molecule is C=C(C1=CCC=C(C)C=C1)c1cc(C(=C)c2ccc(C)cc2)cc(C(=C)c2ccc(C)cc2)c1. The maximum Gasteiger partial charge on any atom is -0.0154 e. The van der Waals surface area contributed by atoms with Gasteiger partial charge in [0.15, 0.2) is 0 Å². The molecular weight excluding hydrogens is 408 g/mol. The van der Waals surface area contributed by atoms with E-state index in [1.165, 1.54) is 16.7 Å². The molecule has 0 aliphatic heterocycles. The zero-order valence-corrected chi connectivity index (χ0v) is 20.5. The van der Waals surface area contributed by atoms with Gasteiger partial charge in [0.05, 0.1) is 0 Å². The summed E-state index contributed by atoms with van der Waals surface area (Å²) in [6, 6.07) is 23.7. The molecule has 34 heavy (non-hydrogen) atoms. The molecule has 0 N–H and O–H groups in total. The molecule has 0 radical (unpaired) electrons. The van der Waals surface area contributed by atoms with Crippen molar-refractivity contribution >= 4 is 16.7 Å². The second-order valence-electron chi connectivity index (χ2n) is 9.14. The van der Waals surface area contributed by atoms with E-state index in [0.29, 0.717) is 0 Å². The third kappa shape index (κ3) is 5.18. The summed E-state index contributed by atoms with van der Waals surface area (Å²) >= 11 is 0. The zero-order chi connectivity index (χ0) is 24.2. The van der Waals surface area contributed by atoms with Crippen molar-refractivity contribution in [3.05, 3.63) is 161 Å². The minimum atomic E-state index is 0.909. The van der Waals surface area contributed by atoms with Gasteiger partial charge in [-0.25, -0.2) is 0 Å². The molecule has 0 atom stereocenters. The third-order valence-electron chi connectivity index (χ3n) is 6.43. The van der Waals surface area contributed by atoms with E-state index in [1.807, 2.05) is 0 Å². The van der Waals surface area contributed by atoms with E-state index >= 15 is 0 Å².